The Morgan fingerprint density at radius 2 is 0.585 bits per heavy atom. The molecule has 0 heterocycles. The lowest BCUT2D eigenvalue weighted by Crippen LogP contribution is -2.55. The summed E-state index contributed by atoms with van der Waals surface area (Å²) in [5.74, 6) is -2.88. The van der Waals surface area contributed by atoms with Crippen LogP contribution in [0.2, 0.25) is 0 Å². The van der Waals surface area contributed by atoms with E-state index in [0.29, 0.717) is 129 Å². The fourth-order valence-corrected chi connectivity index (χ4v) is 6.81. The van der Waals surface area contributed by atoms with Crippen molar-refractivity contribution < 1.29 is 33.6 Å². The molecule has 0 aromatic heterocycles. The van der Waals surface area contributed by atoms with E-state index >= 15 is 0 Å². The molecule has 22 heteroatoms. The molecular formula is C43H89N15O7. The highest BCUT2D eigenvalue weighted by Crippen LogP contribution is 2.09. The normalized spacial score (nSPS) is 14.4. The second-order valence-corrected chi connectivity index (χ2v) is 16.7. The van der Waals surface area contributed by atoms with Gasteiger partial charge in [-0.1, -0.05) is 25.7 Å². The minimum absolute atomic E-state index is 0.215. The Morgan fingerprint density at radius 1 is 0.323 bits per heavy atom. The number of carbonyl (C=O) groups is 7. The first kappa shape index (κ1) is 61.0. The van der Waals surface area contributed by atoms with Crippen molar-refractivity contribution in [1.29, 1.82) is 0 Å². The lowest BCUT2D eigenvalue weighted by atomic mass is 10.0. The van der Waals surface area contributed by atoms with Crippen molar-refractivity contribution in [2.24, 2.45) is 45.9 Å². The summed E-state index contributed by atoms with van der Waals surface area (Å²) in [5, 5.41) is 19.4. The lowest BCUT2D eigenvalue weighted by Gasteiger charge is -2.24. The molecule has 65 heavy (non-hydrogen) atoms. The fraction of sp³-hybridized carbons (Fsp3) is 0.837. The van der Waals surface area contributed by atoms with Gasteiger partial charge < -0.3 is 83.1 Å². The number of carbonyl (C=O) groups excluding carboxylic acids is 7. The van der Waals surface area contributed by atoms with Crippen molar-refractivity contribution in [3.63, 3.8) is 0 Å². The quantitative estimate of drug-likeness (QED) is 0.0270. The van der Waals surface area contributed by atoms with Crippen molar-refractivity contribution in [2.45, 2.75) is 177 Å². The van der Waals surface area contributed by atoms with Crippen molar-refractivity contribution in [3.8, 4) is 0 Å². The van der Waals surface area contributed by atoms with E-state index in [-0.39, 0.29) is 31.2 Å². The van der Waals surface area contributed by atoms with Crippen LogP contribution in [-0.2, 0) is 33.6 Å². The van der Waals surface area contributed by atoms with Crippen LogP contribution in [0.15, 0.2) is 0 Å². The lowest BCUT2D eigenvalue weighted by molar-refractivity contribution is -0.132. The van der Waals surface area contributed by atoms with Crippen LogP contribution in [0.1, 0.15) is 135 Å². The Labute approximate surface area is 387 Å². The molecule has 23 N–H and O–H groups in total. The van der Waals surface area contributed by atoms with E-state index in [1.165, 1.54) is 7.05 Å². The first-order valence-corrected chi connectivity index (χ1v) is 24.0. The number of likely N-dealkylation sites (N-methyl/N-ethyl adjacent to an activating group) is 1. The molecular weight excluding hydrogens is 839 g/mol. The summed E-state index contributed by atoms with van der Waals surface area (Å²) in [6.45, 7) is 2.90. The van der Waals surface area contributed by atoms with E-state index in [1.54, 1.807) is 0 Å². The van der Waals surface area contributed by atoms with Crippen LogP contribution in [0.25, 0.3) is 0 Å². The smallest absolute Gasteiger partial charge is 0.243 e. The molecule has 7 atom stereocenters. The van der Waals surface area contributed by atoms with Gasteiger partial charge in [-0.25, -0.2) is 0 Å². The Balaban J connectivity index is 5.48. The van der Waals surface area contributed by atoms with Gasteiger partial charge in [0, 0.05) is 26.7 Å². The number of rotatable bonds is 41. The molecule has 0 aliphatic heterocycles. The number of nitrogens with one attached hydrogen (secondary N) is 7. The van der Waals surface area contributed by atoms with Gasteiger partial charge in [-0.2, -0.15) is 0 Å². The predicted molar refractivity (Wildman–Crippen MR) is 254 cm³/mol. The molecule has 0 aromatic carbocycles. The van der Waals surface area contributed by atoms with Crippen LogP contribution in [0.3, 0.4) is 0 Å². The third-order valence-corrected chi connectivity index (χ3v) is 11.0. The monoisotopic (exact) mass is 928 g/mol. The number of amides is 7. The minimum atomic E-state index is -1.01. The van der Waals surface area contributed by atoms with Crippen LogP contribution in [0.4, 0.5) is 0 Å². The van der Waals surface area contributed by atoms with Crippen LogP contribution < -0.4 is 83.1 Å². The molecule has 0 saturated heterocycles. The first-order valence-electron chi connectivity index (χ1n) is 24.0. The van der Waals surface area contributed by atoms with Gasteiger partial charge in [0.15, 0.2) is 0 Å². The van der Waals surface area contributed by atoms with Gasteiger partial charge in [-0.05, 0) is 135 Å². The summed E-state index contributed by atoms with van der Waals surface area (Å²) >= 11 is 0. The Morgan fingerprint density at radius 3 is 0.908 bits per heavy atom. The summed E-state index contributed by atoms with van der Waals surface area (Å²) in [7, 11) is 1.45. The van der Waals surface area contributed by atoms with Gasteiger partial charge in [0.25, 0.3) is 0 Å². The Hall–Kier alpha value is -4.03. The largest absolute Gasteiger partial charge is 0.357 e. The van der Waals surface area contributed by atoms with Gasteiger partial charge in [-0.3, -0.25) is 33.6 Å². The van der Waals surface area contributed by atoms with Crippen LogP contribution >= 0.6 is 0 Å². The van der Waals surface area contributed by atoms with Gasteiger partial charge in [-0.15, -0.1) is 0 Å². The second-order valence-electron chi connectivity index (χ2n) is 16.7. The fourth-order valence-electron chi connectivity index (χ4n) is 6.81. The number of nitrogens with two attached hydrogens (primary N) is 8. The van der Waals surface area contributed by atoms with Gasteiger partial charge >= 0.3 is 0 Å². The zero-order valence-electron chi connectivity index (χ0n) is 39.3. The Kier molecular flexibility index (Phi) is 36.7. The maximum atomic E-state index is 13.7. The SMILES string of the molecule is CNC(=O)C(CCCCNC(=O)C(CCCCNC(=O)C(N)CCCCN)NC(=O)C(N)CCCCN)NC(=O)C(CCCCNC(=O)C(N)CCCCN)NC(=O)C(N)CCCCN. The summed E-state index contributed by atoms with van der Waals surface area (Å²) < 4.78 is 0. The molecule has 7 unspecified atom stereocenters. The van der Waals surface area contributed by atoms with E-state index < -0.39 is 71.8 Å². The summed E-state index contributed by atoms with van der Waals surface area (Å²) in [6, 6.07) is -5.78. The average molecular weight is 928 g/mol. The standard InChI is InChI=1S/C43H89N15O7/c1-52-41(63)34(58-43(65)36(57-40(62)33(51)19-5-12-26-47)22-8-14-28-54-38(60)31(49)17-3-10-24-45)20-6-15-29-55-42(64)35(56-39(61)32(50)18-4-11-25-46)21-7-13-27-53-37(59)30(48)16-2-9-23-44/h30-36H,2-29,44-51H2,1H3,(H,52,63)(H,53,59)(H,54,60)(H,55,64)(H,56,61)(H,57,62)(H,58,65). The van der Waals surface area contributed by atoms with Crippen LogP contribution in [0.5, 0.6) is 0 Å². The Bertz CT molecular complexity index is 1350. The third kappa shape index (κ3) is 30.0. The van der Waals surface area contributed by atoms with E-state index in [4.69, 9.17) is 45.9 Å². The molecule has 7 amide bonds. The summed E-state index contributed by atoms with van der Waals surface area (Å²) in [4.78, 5) is 90.8. The van der Waals surface area contributed by atoms with E-state index in [9.17, 15) is 33.6 Å². The molecule has 0 aliphatic rings. The van der Waals surface area contributed by atoms with Crippen LogP contribution in [0, 0.1) is 0 Å². The van der Waals surface area contributed by atoms with Gasteiger partial charge in [0.1, 0.15) is 18.1 Å². The van der Waals surface area contributed by atoms with Crippen molar-refractivity contribution in [2.75, 3.05) is 52.9 Å². The zero-order valence-corrected chi connectivity index (χ0v) is 39.3. The zero-order chi connectivity index (χ0) is 48.8. The van der Waals surface area contributed by atoms with E-state index in [0.717, 1.165) is 32.1 Å². The molecule has 0 rings (SSSR count). The molecule has 0 bridgehead atoms. The molecule has 378 valence electrons. The maximum absolute atomic E-state index is 13.7. The highest BCUT2D eigenvalue weighted by Gasteiger charge is 2.28. The average Bonchev–Trinajstić information content (AvgIpc) is 3.29. The van der Waals surface area contributed by atoms with Crippen molar-refractivity contribution in [3.05, 3.63) is 0 Å². The van der Waals surface area contributed by atoms with Crippen molar-refractivity contribution in [1.82, 2.24) is 37.2 Å². The number of unbranched alkanes of at least 4 members (excludes halogenated alkanes) is 7. The molecule has 0 fully saturated rings. The summed E-state index contributed by atoms with van der Waals surface area (Å²) in [5.41, 5.74) is 46.4. The van der Waals surface area contributed by atoms with E-state index in [2.05, 4.69) is 37.2 Å². The predicted octanol–water partition coefficient (Wildman–Crippen LogP) is -3.13. The van der Waals surface area contributed by atoms with Gasteiger partial charge in [0.2, 0.25) is 41.4 Å². The third-order valence-electron chi connectivity index (χ3n) is 11.0. The number of hydrogen-bond donors (Lipinski definition) is 15. The maximum Gasteiger partial charge on any atom is 0.243 e. The molecule has 0 saturated carbocycles. The summed E-state index contributed by atoms with van der Waals surface area (Å²) in [6.07, 6.45) is 11.3. The molecule has 0 aromatic rings. The molecule has 22 nitrogen and oxygen atoms in total. The topological polar surface area (TPSA) is 412 Å². The molecule has 0 radical (unpaired) electrons. The van der Waals surface area contributed by atoms with Gasteiger partial charge in [0.05, 0.1) is 24.2 Å². The number of hydrogen-bond acceptors (Lipinski definition) is 15. The highest BCUT2D eigenvalue weighted by molar-refractivity contribution is 5.93. The minimum Gasteiger partial charge on any atom is -0.357 e. The van der Waals surface area contributed by atoms with Crippen LogP contribution in [-0.4, -0.2) is 137 Å². The molecule has 0 aliphatic carbocycles. The second kappa shape index (κ2) is 39.2. The van der Waals surface area contributed by atoms with Crippen molar-refractivity contribution >= 4 is 41.4 Å². The van der Waals surface area contributed by atoms with E-state index in [1.807, 2.05) is 0 Å². The highest BCUT2D eigenvalue weighted by atomic mass is 16.2. The molecule has 0 spiro atoms. The first-order chi connectivity index (χ1) is 31.2.